The Morgan fingerprint density at radius 2 is 1.05 bits per heavy atom. The van der Waals surface area contributed by atoms with Gasteiger partial charge in [0.25, 0.3) is 0 Å². The number of carboxylic acid groups (broad SMARTS) is 2. The molecule has 22 heavy (non-hydrogen) atoms. The van der Waals surface area contributed by atoms with Gasteiger partial charge in [0, 0.05) is 11.1 Å². The van der Waals surface area contributed by atoms with Gasteiger partial charge in [0.2, 0.25) is 0 Å². The van der Waals surface area contributed by atoms with Crippen molar-refractivity contribution >= 4 is 11.9 Å². The van der Waals surface area contributed by atoms with E-state index >= 15 is 0 Å². The Labute approximate surface area is 130 Å². The van der Waals surface area contributed by atoms with E-state index in [2.05, 4.69) is 13.2 Å². The van der Waals surface area contributed by atoms with Gasteiger partial charge in [-0.25, -0.2) is 9.59 Å². The largest absolute Gasteiger partial charge is 0.478 e. The van der Waals surface area contributed by atoms with Crippen molar-refractivity contribution in [3.8, 4) is 0 Å². The molecular weight excluding hydrogens is 288 g/mol. The highest BCUT2D eigenvalue weighted by Gasteiger charge is 2.69. The molecule has 124 valence electrons. The molecule has 2 N–H and O–H groups in total. The third-order valence-corrected chi connectivity index (χ3v) is 3.81. The van der Waals surface area contributed by atoms with Crippen LogP contribution in [0, 0.1) is 0 Å². The van der Waals surface area contributed by atoms with Crippen molar-refractivity contribution in [3.05, 3.63) is 24.3 Å². The minimum Gasteiger partial charge on any atom is -0.478 e. The summed E-state index contributed by atoms with van der Waals surface area (Å²) in [6.07, 6.45) is 4.97. The van der Waals surface area contributed by atoms with Crippen LogP contribution < -0.4 is 0 Å². The highest BCUT2D eigenvalue weighted by Crippen LogP contribution is 2.62. The zero-order chi connectivity index (χ0) is 17.0. The third kappa shape index (κ3) is 4.68. The van der Waals surface area contributed by atoms with E-state index in [1.165, 1.54) is 39.5 Å². The summed E-state index contributed by atoms with van der Waals surface area (Å²) in [6, 6.07) is 0. The van der Waals surface area contributed by atoms with Crippen molar-refractivity contribution in [1.82, 2.24) is 0 Å². The molecule has 1 saturated heterocycles. The number of hydrogen-bond donors (Lipinski definition) is 2. The molecule has 6 nitrogen and oxygen atoms in total. The van der Waals surface area contributed by atoms with E-state index in [9.17, 15) is 9.59 Å². The summed E-state index contributed by atoms with van der Waals surface area (Å²) in [4.78, 5) is 19.2. The fourth-order valence-electron chi connectivity index (χ4n) is 2.16. The number of ether oxygens (including phenoxy) is 2. The highest BCUT2D eigenvalue weighted by atomic mass is 16.6. The smallest absolute Gasteiger partial charge is 0.330 e. The van der Waals surface area contributed by atoms with Crippen molar-refractivity contribution in [3.63, 3.8) is 0 Å². The van der Waals surface area contributed by atoms with Crippen LogP contribution in [0.2, 0.25) is 0 Å². The molecule has 0 bridgehead atoms. The molecule has 0 aromatic rings. The Kier molecular flexibility index (Phi) is 5.91. The lowest BCUT2D eigenvalue weighted by Crippen LogP contribution is -2.42. The van der Waals surface area contributed by atoms with Crippen LogP contribution in [0.5, 0.6) is 0 Å². The first-order valence-electron chi connectivity index (χ1n) is 7.21. The van der Waals surface area contributed by atoms with Gasteiger partial charge >= 0.3 is 11.9 Å². The van der Waals surface area contributed by atoms with E-state index in [0.29, 0.717) is 0 Å². The van der Waals surface area contributed by atoms with Gasteiger partial charge in [0.15, 0.2) is 0 Å². The average Bonchev–Trinajstić information content (AvgIpc) is 3.31. The van der Waals surface area contributed by atoms with Gasteiger partial charge < -0.3 is 19.7 Å². The number of carbonyl (C=O) groups is 2. The van der Waals surface area contributed by atoms with Crippen molar-refractivity contribution < 1.29 is 29.3 Å². The monoisotopic (exact) mass is 312 g/mol. The fraction of sp³-hybridized carbons (Fsp3) is 0.625. The maximum Gasteiger partial charge on any atom is 0.330 e. The number of carboxylic acids is 2. The normalized spacial score (nSPS) is 21.5. The van der Waals surface area contributed by atoms with E-state index < -0.39 is 11.9 Å². The maximum atomic E-state index is 9.60. The number of aliphatic carboxylic acids is 2. The Morgan fingerprint density at radius 3 is 1.18 bits per heavy atom. The van der Waals surface area contributed by atoms with Gasteiger partial charge in [-0.05, 0) is 39.5 Å². The summed E-state index contributed by atoms with van der Waals surface area (Å²) >= 11 is 0. The van der Waals surface area contributed by atoms with E-state index in [0.717, 1.165) is 13.2 Å². The molecule has 2 saturated carbocycles. The average molecular weight is 312 g/mol. The minimum atomic E-state index is -0.935. The standard InChI is InChI=1S/C8H12O2.2C4H6O2/c1-2-7(1)8(3-4-8)10-6-5-9-7;2*1-3(2)4(5)6/h1-6H2;2*1H2,2H3,(H,5,6). The van der Waals surface area contributed by atoms with Crippen molar-refractivity contribution in [2.24, 2.45) is 0 Å². The van der Waals surface area contributed by atoms with Crippen LogP contribution >= 0.6 is 0 Å². The summed E-state index contributed by atoms with van der Waals surface area (Å²) < 4.78 is 11.5. The van der Waals surface area contributed by atoms with Crippen LogP contribution in [0.15, 0.2) is 24.3 Å². The first kappa shape index (κ1) is 18.4. The second kappa shape index (κ2) is 7.07. The molecule has 0 amide bonds. The Bertz CT molecular complexity index is 403. The molecule has 2 aliphatic carbocycles. The van der Waals surface area contributed by atoms with Crippen molar-refractivity contribution in [2.75, 3.05) is 13.2 Å². The van der Waals surface area contributed by atoms with Crippen LogP contribution in [0.1, 0.15) is 39.5 Å². The molecule has 1 heterocycles. The Hall–Kier alpha value is -1.66. The number of hydrogen-bond acceptors (Lipinski definition) is 4. The lowest BCUT2D eigenvalue weighted by molar-refractivity contribution is -0.170. The quantitative estimate of drug-likeness (QED) is 0.761. The van der Waals surface area contributed by atoms with Gasteiger partial charge in [-0.1, -0.05) is 13.2 Å². The first-order chi connectivity index (χ1) is 10.2. The lowest BCUT2D eigenvalue weighted by Gasteiger charge is -2.32. The SMILES string of the molecule is C1COC2(CC2)C2(CC2)O1.C=C(C)C(=O)O.C=C(C)C(=O)O. The molecule has 0 radical (unpaired) electrons. The molecule has 3 rings (SSSR count). The molecule has 3 fully saturated rings. The summed E-state index contributed by atoms with van der Waals surface area (Å²) in [5.41, 5.74) is 0.779. The number of rotatable bonds is 2. The second-order valence-corrected chi connectivity index (χ2v) is 5.86. The van der Waals surface area contributed by atoms with Crippen LogP contribution in [0.4, 0.5) is 0 Å². The van der Waals surface area contributed by atoms with Gasteiger partial charge in [-0.15, -0.1) is 0 Å². The molecule has 0 aromatic heterocycles. The van der Waals surface area contributed by atoms with Gasteiger partial charge in [-0.3, -0.25) is 0 Å². The number of fused-ring (bicyclic) bond motifs is 1. The Morgan fingerprint density at radius 1 is 0.818 bits per heavy atom. The predicted octanol–water partition coefficient (Wildman–Crippen LogP) is 2.39. The molecular formula is C16H24O6. The Balaban J connectivity index is 0.000000179. The molecule has 6 heteroatoms. The van der Waals surface area contributed by atoms with Crippen LogP contribution in [0.3, 0.4) is 0 Å². The van der Waals surface area contributed by atoms with E-state index in [4.69, 9.17) is 19.7 Å². The van der Waals surface area contributed by atoms with Crippen LogP contribution in [-0.4, -0.2) is 46.6 Å². The molecule has 2 spiro atoms. The van der Waals surface area contributed by atoms with E-state index in [1.54, 1.807) is 0 Å². The predicted molar refractivity (Wildman–Crippen MR) is 80.7 cm³/mol. The van der Waals surface area contributed by atoms with Crippen LogP contribution in [-0.2, 0) is 19.1 Å². The fourth-order valence-corrected chi connectivity index (χ4v) is 2.16. The van der Waals surface area contributed by atoms with Gasteiger partial charge in [-0.2, -0.15) is 0 Å². The highest BCUT2D eigenvalue weighted by molar-refractivity contribution is 5.85. The third-order valence-electron chi connectivity index (χ3n) is 3.81. The van der Waals surface area contributed by atoms with E-state index in [1.807, 2.05) is 0 Å². The maximum absolute atomic E-state index is 9.60. The summed E-state index contributed by atoms with van der Waals surface area (Å²) in [5.74, 6) is -1.87. The second-order valence-electron chi connectivity index (χ2n) is 5.86. The van der Waals surface area contributed by atoms with Crippen LogP contribution in [0.25, 0.3) is 0 Å². The molecule has 0 aromatic carbocycles. The minimum absolute atomic E-state index is 0.176. The molecule has 0 unspecified atom stereocenters. The topological polar surface area (TPSA) is 93.1 Å². The summed E-state index contributed by atoms with van der Waals surface area (Å²) in [5, 5.41) is 15.8. The zero-order valence-electron chi connectivity index (χ0n) is 13.2. The zero-order valence-corrected chi connectivity index (χ0v) is 13.2. The van der Waals surface area contributed by atoms with E-state index in [-0.39, 0.29) is 22.3 Å². The van der Waals surface area contributed by atoms with Gasteiger partial charge in [0.1, 0.15) is 0 Å². The van der Waals surface area contributed by atoms with Crippen molar-refractivity contribution in [2.45, 2.75) is 50.7 Å². The van der Waals surface area contributed by atoms with Crippen molar-refractivity contribution in [1.29, 1.82) is 0 Å². The lowest BCUT2D eigenvalue weighted by atomic mass is 10.1. The summed E-state index contributed by atoms with van der Waals surface area (Å²) in [7, 11) is 0. The first-order valence-corrected chi connectivity index (χ1v) is 7.21. The summed E-state index contributed by atoms with van der Waals surface area (Å²) in [6.45, 7) is 10.8. The molecule has 3 aliphatic rings. The molecule has 1 aliphatic heterocycles. The molecule has 0 atom stereocenters. The van der Waals surface area contributed by atoms with Gasteiger partial charge in [0.05, 0.1) is 24.4 Å².